The third-order valence-electron chi connectivity index (χ3n) is 2.89. The summed E-state index contributed by atoms with van der Waals surface area (Å²) in [6.07, 6.45) is -3.72. The molecule has 0 aliphatic heterocycles. The molecule has 1 aromatic rings. The number of nitrogens with zero attached hydrogens (tertiary/aromatic N) is 3. The van der Waals surface area contributed by atoms with Crippen molar-refractivity contribution in [3.8, 4) is 0 Å². The van der Waals surface area contributed by atoms with Crippen molar-refractivity contribution >= 4 is 11.9 Å². The molecule has 118 valence electrons. The summed E-state index contributed by atoms with van der Waals surface area (Å²) < 4.78 is 38.1. The van der Waals surface area contributed by atoms with E-state index in [0.717, 1.165) is 16.9 Å². The third-order valence-corrected chi connectivity index (χ3v) is 2.89. The maximum atomic E-state index is 12.4. The van der Waals surface area contributed by atoms with E-state index in [1.807, 2.05) is 0 Å². The Morgan fingerprint density at radius 3 is 2.52 bits per heavy atom. The van der Waals surface area contributed by atoms with Crippen LogP contribution in [0.15, 0.2) is 12.3 Å². The summed E-state index contributed by atoms with van der Waals surface area (Å²) in [4.78, 5) is 24.0. The lowest BCUT2D eigenvalue weighted by Crippen LogP contribution is -2.41. The highest BCUT2D eigenvalue weighted by Gasteiger charge is 2.33. The molecule has 1 atom stereocenters. The number of aliphatic carboxylic acids is 1. The smallest absolute Gasteiger partial charge is 0.435 e. The van der Waals surface area contributed by atoms with E-state index in [0.29, 0.717) is 0 Å². The SMILES string of the molecule is CCN(C(=O)Cn1ccc(C(F)(F)F)n1)C(C)CC(=O)O. The maximum Gasteiger partial charge on any atom is 0.435 e. The van der Waals surface area contributed by atoms with Crippen LogP contribution in [0.3, 0.4) is 0 Å². The van der Waals surface area contributed by atoms with Crippen molar-refractivity contribution in [1.29, 1.82) is 0 Å². The number of alkyl halides is 3. The lowest BCUT2D eigenvalue weighted by atomic mass is 10.2. The molecule has 0 spiro atoms. The monoisotopic (exact) mass is 307 g/mol. The van der Waals surface area contributed by atoms with Gasteiger partial charge in [0.2, 0.25) is 5.91 Å². The molecule has 0 aliphatic carbocycles. The molecular weight excluding hydrogens is 291 g/mol. The van der Waals surface area contributed by atoms with Gasteiger partial charge in [0.1, 0.15) is 6.54 Å². The van der Waals surface area contributed by atoms with Gasteiger partial charge < -0.3 is 10.0 Å². The number of amides is 1. The van der Waals surface area contributed by atoms with Crippen LogP contribution in [0.2, 0.25) is 0 Å². The number of carbonyl (C=O) groups excluding carboxylic acids is 1. The zero-order valence-corrected chi connectivity index (χ0v) is 11.6. The van der Waals surface area contributed by atoms with Gasteiger partial charge >= 0.3 is 12.1 Å². The van der Waals surface area contributed by atoms with Crippen molar-refractivity contribution in [3.63, 3.8) is 0 Å². The van der Waals surface area contributed by atoms with Gasteiger partial charge in [0.05, 0.1) is 6.42 Å². The molecule has 1 amide bonds. The van der Waals surface area contributed by atoms with Crippen molar-refractivity contribution in [1.82, 2.24) is 14.7 Å². The van der Waals surface area contributed by atoms with E-state index < -0.39 is 29.8 Å². The Hall–Kier alpha value is -2.06. The molecule has 0 bridgehead atoms. The molecule has 1 unspecified atom stereocenters. The Balaban J connectivity index is 2.74. The van der Waals surface area contributed by atoms with Gasteiger partial charge in [-0.05, 0) is 19.9 Å². The van der Waals surface area contributed by atoms with Crippen LogP contribution < -0.4 is 0 Å². The predicted molar refractivity (Wildman–Crippen MR) is 66.3 cm³/mol. The van der Waals surface area contributed by atoms with Crippen LogP contribution in [0.1, 0.15) is 26.0 Å². The molecule has 1 N–H and O–H groups in total. The largest absolute Gasteiger partial charge is 0.481 e. The minimum absolute atomic E-state index is 0.230. The maximum absolute atomic E-state index is 12.4. The van der Waals surface area contributed by atoms with Gasteiger partial charge in [-0.25, -0.2) is 0 Å². The number of carboxylic acid groups (broad SMARTS) is 1. The van der Waals surface area contributed by atoms with Gasteiger partial charge in [-0.15, -0.1) is 0 Å². The van der Waals surface area contributed by atoms with Gasteiger partial charge in [-0.2, -0.15) is 18.3 Å². The third kappa shape index (κ3) is 4.76. The number of carbonyl (C=O) groups is 2. The molecule has 21 heavy (non-hydrogen) atoms. The Kier molecular flexibility index (Phi) is 5.34. The quantitative estimate of drug-likeness (QED) is 0.866. The number of hydrogen-bond acceptors (Lipinski definition) is 3. The summed E-state index contributed by atoms with van der Waals surface area (Å²) in [6.45, 7) is 3.13. The minimum atomic E-state index is -4.56. The zero-order chi connectivity index (χ0) is 16.2. The van der Waals surface area contributed by atoms with Gasteiger partial charge in [0.15, 0.2) is 5.69 Å². The summed E-state index contributed by atoms with van der Waals surface area (Å²) in [6, 6.07) is 0.238. The second kappa shape index (κ2) is 6.59. The first-order valence-corrected chi connectivity index (χ1v) is 6.27. The molecule has 1 aromatic heterocycles. The lowest BCUT2D eigenvalue weighted by molar-refractivity contribution is -0.143. The first-order valence-electron chi connectivity index (χ1n) is 6.27. The van der Waals surface area contributed by atoms with Crippen LogP contribution in [-0.2, 0) is 22.3 Å². The summed E-state index contributed by atoms with van der Waals surface area (Å²) in [7, 11) is 0. The van der Waals surface area contributed by atoms with Crippen LogP contribution in [0, 0.1) is 0 Å². The molecule has 9 heteroatoms. The van der Waals surface area contributed by atoms with E-state index in [4.69, 9.17) is 5.11 Å². The molecule has 0 aliphatic rings. The second-order valence-electron chi connectivity index (χ2n) is 4.52. The fourth-order valence-electron chi connectivity index (χ4n) is 1.93. The molecule has 0 radical (unpaired) electrons. The fraction of sp³-hybridized carbons (Fsp3) is 0.583. The minimum Gasteiger partial charge on any atom is -0.481 e. The highest BCUT2D eigenvalue weighted by Crippen LogP contribution is 2.27. The average molecular weight is 307 g/mol. The molecule has 1 heterocycles. The number of rotatable bonds is 6. The summed E-state index contributed by atoms with van der Waals surface area (Å²) in [5.41, 5.74) is -1.07. The molecule has 0 fully saturated rings. The second-order valence-corrected chi connectivity index (χ2v) is 4.52. The van der Waals surface area contributed by atoms with Crippen LogP contribution in [0.5, 0.6) is 0 Å². The summed E-state index contributed by atoms with van der Waals surface area (Å²) >= 11 is 0. The molecule has 0 saturated carbocycles. The Bertz CT molecular complexity index is 513. The predicted octanol–water partition coefficient (Wildman–Crippen LogP) is 1.61. The number of hydrogen-bond donors (Lipinski definition) is 1. The van der Waals surface area contributed by atoms with Gasteiger partial charge in [-0.3, -0.25) is 14.3 Å². The van der Waals surface area contributed by atoms with Crippen LogP contribution in [0.4, 0.5) is 13.2 Å². The topological polar surface area (TPSA) is 75.4 Å². The Labute approximate surface area is 119 Å². The van der Waals surface area contributed by atoms with Crippen molar-refractivity contribution in [2.45, 2.75) is 39.0 Å². The summed E-state index contributed by atoms with van der Waals surface area (Å²) in [5.74, 6) is -1.53. The average Bonchev–Trinajstić information content (AvgIpc) is 2.76. The highest BCUT2D eigenvalue weighted by atomic mass is 19.4. The molecule has 6 nitrogen and oxygen atoms in total. The zero-order valence-electron chi connectivity index (χ0n) is 11.6. The van der Waals surface area contributed by atoms with Crippen molar-refractivity contribution < 1.29 is 27.9 Å². The molecule has 1 rings (SSSR count). The highest BCUT2D eigenvalue weighted by molar-refractivity contribution is 5.77. The van der Waals surface area contributed by atoms with E-state index >= 15 is 0 Å². The Morgan fingerprint density at radius 2 is 2.10 bits per heavy atom. The van der Waals surface area contributed by atoms with E-state index in [1.165, 1.54) is 4.90 Å². The van der Waals surface area contributed by atoms with Gasteiger partial charge in [0, 0.05) is 18.8 Å². The molecule has 0 saturated heterocycles. The molecule has 0 aromatic carbocycles. The van der Waals surface area contributed by atoms with E-state index in [-0.39, 0.29) is 19.5 Å². The fourth-order valence-corrected chi connectivity index (χ4v) is 1.93. The Morgan fingerprint density at radius 1 is 1.48 bits per heavy atom. The van der Waals surface area contributed by atoms with Crippen molar-refractivity contribution in [2.75, 3.05) is 6.54 Å². The van der Waals surface area contributed by atoms with Gasteiger partial charge in [0.25, 0.3) is 0 Å². The number of halogens is 3. The van der Waals surface area contributed by atoms with E-state index in [9.17, 15) is 22.8 Å². The number of carboxylic acids is 1. The number of aromatic nitrogens is 2. The normalized spacial score (nSPS) is 13.0. The number of likely N-dealkylation sites (N-methyl/N-ethyl adjacent to an activating group) is 1. The summed E-state index contributed by atoms with van der Waals surface area (Å²) in [5, 5.41) is 12.0. The van der Waals surface area contributed by atoms with E-state index in [1.54, 1.807) is 13.8 Å². The van der Waals surface area contributed by atoms with Crippen LogP contribution in [0.25, 0.3) is 0 Å². The van der Waals surface area contributed by atoms with Crippen LogP contribution in [-0.4, -0.2) is 44.3 Å². The lowest BCUT2D eigenvalue weighted by Gasteiger charge is -2.27. The van der Waals surface area contributed by atoms with E-state index in [2.05, 4.69) is 5.10 Å². The standard InChI is InChI=1S/C12H16F3N3O3/c1-3-18(8(2)6-11(20)21)10(19)7-17-5-4-9(16-17)12(13,14)15/h4-5,8H,3,6-7H2,1-2H3,(H,20,21). The van der Waals surface area contributed by atoms with Crippen LogP contribution >= 0.6 is 0 Å². The first-order chi connectivity index (χ1) is 9.65. The van der Waals surface area contributed by atoms with Crippen molar-refractivity contribution in [2.24, 2.45) is 0 Å². The van der Waals surface area contributed by atoms with Gasteiger partial charge in [-0.1, -0.05) is 0 Å². The first kappa shape index (κ1) is 17.0. The van der Waals surface area contributed by atoms with Crippen molar-refractivity contribution in [3.05, 3.63) is 18.0 Å². The molecular formula is C12H16F3N3O3.